The fourth-order valence-corrected chi connectivity index (χ4v) is 2.34. The maximum absolute atomic E-state index is 11.5. The van der Waals surface area contributed by atoms with Crippen molar-refractivity contribution in [1.82, 2.24) is 0 Å². The largest absolute Gasteiger partial charge is 0.282 e. The minimum absolute atomic E-state index is 0.127. The average molecular weight is 287 g/mol. The van der Waals surface area contributed by atoms with Crippen LogP contribution in [0.3, 0.4) is 0 Å². The standard InChI is InChI=1S/C12H15BrOS/c1-3-9(2)10-4-6-11(7-5-10)12(14)15-8-13/h4-7,9H,3,8H2,1-2H3. The topological polar surface area (TPSA) is 17.1 Å². The van der Waals surface area contributed by atoms with Gasteiger partial charge in [0.25, 0.3) is 0 Å². The molecule has 0 radical (unpaired) electrons. The van der Waals surface area contributed by atoms with E-state index in [1.165, 1.54) is 17.3 Å². The van der Waals surface area contributed by atoms with Gasteiger partial charge in [-0.15, -0.1) is 0 Å². The van der Waals surface area contributed by atoms with Gasteiger partial charge in [-0.1, -0.05) is 65.8 Å². The fourth-order valence-electron chi connectivity index (χ4n) is 1.32. The van der Waals surface area contributed by atoms with Gasteiger partial charge in [-0.3, -0.25) is 4.79 Å². The van der Waals surface area contributed by atoms with Crippen LogP contribution >= 0.6 is 27.7 Å². The first-order chi connectivity index (χ1) is 7.19. The fraction of sp³-hybridized carbons (Fsp3) is 0.417. The number of halogens is 1. The van der Waals surface area contributed by atoms with Gasteiger partial charge in [0.1, 0.15) is 0 Å². The monoisotopic (exact) mass is 286 g/mol. The zero-order valence-electron chi connectivity index (χ0n) is 9.00. The van der Waals surface area contributed by atoms with E-state index in [0.29, 0.717) is 10.6 Å². The number of hydrogen-bond donors (Lipinski definition) is 0. The number of rotatable bonds is 4. The zero-order valence-corrected chi connectivity index (χ0v) is 11.4. The van der Waals surface area contributed by atoms with Crippen LogP contribution in [0.4, 0.5) is 0 Å². The van der Waals surface area contributed by atoms with Gasteiger partial charge >= 0.3 is 0 Å². The van der Waals surface area contributed by atoms with Crippen molar-refractivity contribution in [1.29, 1.82) is 0 Å². The highest BCUT2D eigenvalue weighted by Crippen LogP contribution is 2.21. The van der Waals surface area contributed by atoms with Crippen molar-refractivity contribution in [2.45, 2.75) is 26.2 Å². The van der Waals surface area contributed by atoms with Crippen LogP contribution in [0.2, 0.25) is 0 Å². The Hall–Kier alpha value is -0.280. The van der Waals surface area contributed by atoms with Crippen molar-refractivity contribution >= 4 is 32.8 Å². The van der Waals surface area contributed by atoms with Crippen LogP contribution in [0.1, 0.15) is 42.1 Å². The Kier molecular flexibility index (Phi) is 5.40. The second kappa shape index (κ2) is 6.33. The van der Waals surface area contributed by atoms with Crippen LogP contribution in [-0.4, -0.2) is 9.78 Å². The van der Waals surface area contributed by atoms with Crippen molar-refractivity contribution in [2.24, 2.45) is 0 Å². The first-order valence-electron chi connectivity index (χ1n) is 5.02. The van der Waals surface area contributed by atoms with E-state index in [-0.39, 0.29) is 5.12 Å². The van der Waals surface area contributed by atoms with Crippen molar-refractivity contribution in [3.63, 3.8) is 0 Å². The molecule has 1 rings (SSSR count). The second-order valence-electron chi connectivity index (χ2n) is 3.47. The van der Waals surface area contributed by atoms with Crippen LogP contribution in [0.15, 0.2) is 24.3 Å². The van der Waals surface area contributed by atoms with E-state index in [1.54, 1.807) is 0 Å². The Morgan fingerprint density at radius 1 is 1.40 bits per heavy atom. The third-order valence-electron chi connectivity index (χ3n) is 2.51. The number of carbonyl (C=O) groups is 1. The molecule has 1 atom stereocenters. The molecular weight excluding hydrogens is 272 g/mol. The molecule has 0 amide bonds. The highest BCUT2D eigenvalue weighted by molar-refractivity contribution is 9.11. The van der Waals surface area contributed by atoms with Gasteiger partial charge in [0.05, 0.1) is 4.66 Å². The predicted octanol–water partition coefficient (Wildman–Crippen LogP) is 4.43. The summed E-state index contributed by atoms with van der Waals surface area (Å²) in [7, 11) is 0. The van der Waals surface area contributed by atoms with Gasteiger partial charge in [0, 0.05) is 5.56 Å². The van der Waals surface area contributed by atoms with E-state index in [2.05, 4.69) is 41.9 Å². The van der Waals surface area contributed by atoms with Crippen LogP contribution in [-0.2, 0) is 0 Å². The minimum atomic E-state index is 0.127. The number of thioether (sulfide) groups is 1. The summed E-state index contributed by atoms with van der Waals surface area (Å²) in [4.78, 5) is 11.5. The summed E-state index contributed by atoms with van der Waals surface area (Å²) in [6, 6.07) is 7.94. The third-order valence-corrected chi connectivity index (χ3v) is 3.81. The van der Waals surface area contributed by atoms with Gasteiger partial charge in [-0.2, -0.15) is 0 Å². The van der Waals surface area contributed by atoms with Gasteiger partial charge in [-0.05, 0) is 17.9 Å². The van der Waals surface area contributed by atoms with E-state index >= 15 is 0 Å². The van der Waals surface area contributed by atoms with Crippen LogP contribution in [0, 0.1) is 0 Å². The van der Waals surface area contributed by atoms with E-state index in [9.17, 15) is 4.79 Å². The van der Waals surface area contributed by atoms with Crippen LogP contribution in [0.25, 0.3) is 0 Å². The van der Waals surface area contributed by atoms with E-state index in [1.807, 2.05) is 12.1 Å². The zero-order chi connectivity index (χ0) is 11.3. The van der Waals surface area contributed by atoms with Gasteiger partial charge < -0.3 is 0 Å². The molecule has 82 valence electrons. The predicted molar refractivity (Wildman–Crippen MR) is 70.9 cm³/mol. The maximum atomic E-state index is 11.5. The lowest BCUT2D eigenvalue weighted by Gasteiger charge is -2.08. The minimum Gasteiger partial charge on any atom is -0.282 e. The SMILES string of the molecule is CCC(C)c1ccc(C(=O)SCBr)cc1. The van der Waals surface area contributed by atoms with Crippen molar-refractivity contribution in [3.05, 3.63) is 35.4 Å². The summed E-state index contributed by atoms with van der Waals surface area (Å²) in [6.45, 7) is 4.37. The van der Waals surface area contributed by atoms with Crippen LogP contribution in [0.5, 0.6) is 0 Å². The van der Waals surface area contributed by atoms with Crippen molar-refractivity contribution in [3.8, 4) is 0 Å². The molecular formula is C12H15BrOS. The summed E-state index contributed by atoms with van der Waals surface area (Å²) in [6.07, 6.45) is 1.13. The van der Waals surface area contributed by atoms with E-state index in [4.69, 9.17) is 0 Å². The van der Waals surface area contributed by atoms with Gasteiger partial charge in [0.15, 0.2) is 0 Å². The molecule has 0 bridgehead atoms. The molecule has 0 fully saturated rings. The number of hydrogen-bond acceptors (Lipinski definition) is 2. The first kappa shape index (κ1) is 12.8. The number of alkyl halides is 1. The Morgan fingerprint density at radius 3 is 2.47 bits per heavy atom. The molecule has 0 aliphatic heterocycles. The molecule has 0 aromatic heterocycles. The van der Waals surface area contributed by atoms with Gasteiger partial charge in [-0.25, -0.2) is 0 Å². The second-order valence-corrected chi connectivity index (χ2v) is 5.72. The average Bonchev–Trinajstić information content (AvgIpc) is 2.28. The molecule has 0 aliphatic rings. The molecule has 0 saturated carbocycles. The number of carbonyl (C=O) groups excluding carboxylic acids is 1. The summed E-state index contributed by atoms with van der Waals surface area (Å²) < 4.78 is 0.652. The summed E-state index contributed by atoms with van der Waals surface area (Å²) in [5, 5.41) is 0.127. The quantitative estimate of drug-likeness (QED) is 0.762. The molecule has 1 aromatic rings. The Labute approximate surface area is 104 Å². The lowest BCUT2D eigenvalue weighted by atomic mass is 9.98. The first-order valence-corrected chi connectivity index (χ1v) is 7.12. The van der Waals surface area contributed by atoms with Crippen molar-refractivity contribution < 1.29 is 4.79 Å². The number of benzene rings is 1. The molecule has 0 saturated heterocycles. The highest BCUT2D eigenvalue weighted by atomic mass is 79.9. The molecule has 0 heterocycles. The van der Waals surface area contributed by atoms with Crippen LogP contribution < -0.4 is 0 Å². The Morgan fingerprint density at radius 2 is 2.00 bits per heavy atom. The molecule has 15 heavy (non-hydrogen) atoms. The molecule has 1 nitrogen and oxygen atoms in total. The molecule has 3 heteroatoms. The molecule has 1 unspecified atom stereocenters. The lowest BCUT2D eigenvalue weighted by molar-refractivity contribution is 0.108. The van der Waals surface area contributed by atoms with Crippen molar-refractivity contribution in [2.75, 3.05) is 4.66 Å². The molecule has 0 N–H and O–H groups in total. The summed E-state index contributed by atoms with van der Waals surface area (Å²) >= 11 is 4.52. The molecule has 1 aromatic carbocycles. The Bertz CT molecular complexity index is 321. The molecule has 0 spiro atoms. The smallest absolute Gasteiger partial charge is 0.220 e. The summed E-state index contributed by atoms with van der Waals surface area (Å²) in [5.41, 5.74) is 2.09. The molecule has 0 aliphatic carbocycles. The normalized spacial score (nSPS) is 12.5. The lowest BCUT2D eigenvalue weighted by Crippen LogP contribution is -1.95. The maximum Gasteiger partial charge on any atom is 0.220 e. The van der Waals surface area contributed by atoms with Gasteiger partial charge in [0.2, 0.25) is 5.12 Å². The van der Waals surface area contributed by atoms with E-state index < -0.39 is 0 Å². The summed E-state index contributed by atoms with van der Waals surface area (Å²) in [5.74, 6) is 0.568. The third kappa shape index (κ3) is 3.65. The Balaban J connectivity index is 2.76. The highest BCUT2D eigenvalue weighted by Gasteiger charge is 2.07. The van der Waals surface area contributed by atoms with E-state index in [0.717, 1.165) is 12.0 Å².